The molecule has 150 valence electrons. The predicted molar refractivity (Wildman–Crippen MR) is 109 cm³/mol. The van der Waals surface area contributed by atoms with Crippen LogP contribution in [0.5, 0.6) is 0 Å². The summed E-state index contributed by atoms with van der Waals surface area (Å²) in [5.41, 5.74) is 2.04. The van der Waals surface area contributed by atoms with Crippen LogP contribution in [0.15, 0.2) is 53.4 Å². The van der Waals surface area contributed by atoms with Crippen molar-refractivity contribution < 1.29 is 13.3 Å². The van der Waals surface area contributed by atoms with E-state index in [1.54, 1.807) is 24.3 Å². The number of anilines is 1. The van der Waals surface area contributed by atoms with Crippen LogP contribution < -0.4 is 4.90 Å². The molecule has 0 aliphatic carbocycles. The van der Waals surface area contributed by atoms with Crippen molar-refractivity contribution in [1.82, 2.24) is 4.31 Å². The van der Waals surface area contributed by atoms with E-state index in [1.165, 1.54) is 16.4 Å². The monoisotopic (exact) mass is 403 g/mol. The number of rotatable bonds is 6. The summed E-state index contributed by atoms with van der Waals surface area (Å²) in [7, 11) is -3.51. The lowest BCUT2D eigenvalue weighted by Crippen LogP contribution is -2.48. The maximum Gasteiger partial charge on any atom is 0.269 e. The zero-order valence-electron chi connectivity index (χ0n) is 16.1. The second-order valence-electron chi connectivity index (χ2n) is 7.41. The topological polar surface area (TPSA) is 83.8 Å². The van der Waals surface area contributed by atoms with Crippen molar-refractivity contribution in [2.24, 2.45) is 5.92 Å². The summed E-state index contributed by atoms with van der Waals surface area (Å²) < 4.78 is 27.3. The van der Waals surface area contributed by atoms with Gasteiger partial charge in [0.1, 0.15) is 0 Å². The third kappa shape index (κ3) is 4.51. The molecular formula is C20H25N3O4S. The molecule has 0 aromatic heterocycles. The summed E-state index contributed by atoms with van der Waals surface area (Å²) >= 11 is 0. The third-order valence-electron chi connectivity index (χ3n) is 4.87. The number of sulfonamides is 1. The van der Waals surface area contributed by atoms with Crippen molar-refractivity contribution in [2.75, 3.05) is 31.1 Å². The Morgan fingerprint density at radius 1 is 0.964 bits per heavy atom. The highest BCUT2D eigenvalue weighted by atomic mass is 32.2. The SMILES string of the molecule is CC(C)Cc1ccc(S(=O)(=O)N2CCN(c3ccc([N+](=O)[O-])cc3)CC2)cc1. The van der Waals surface area contributed by atoms with Crippen LogP contribution >= 0.6 is 0 Å². The Kier molecular flexibility index (Phi) is 6.00. The Morgan fingerprint density at radius 2 is 1.54 bits per heavy atom. The number of benzene rings is 2. The van der Waals surface area contributed by atoms with Crippen LogP contribution in [0.3, 0.4) is 0 Å². The van der Waals surface area contributed by atoms with Crippen molar-refractivity contribution >= 4 is 21.4 Å². The Hall–Kier alpha value is -2.45. The molecule has 0 spiro atoms. The molecule has 2 aromatic carbocycles. The van der Waals surface area contributed by atoms with Gasteiger partial charge in [0.2, 0.25) is 10.0 Å². The van der Waals surface area contributed by atoms with Gasteiger partial charge in [-0.25, -0.2) is 8.42 Å². The smallest absolute Gasteiger partial charge is 0.269 e. The molecule has 1 heterocycles. The molecule has 1 fully saturated rings. The highest BCUT2D eigenvalue weighted by Gasteiger charge is 2.28. The van der Waals surface area contributed by atoms with Crippen molar-refractivity contribution in [1.29, 1.82) is 0 Å². The number of piperazine rings is 1. The molecule has 0 radical (unpaired) electrons. The molecule has 1 saturated heterocycles. The standard InChI is InChI=1S/C20H25N3O4S/c1-16(2)15-17-3-9-20(10-4-17)28(26,27)22-13-11-21(12-14-22)18-5-7-19(8-6-18)23(24)25/h3-10,16H,11-15H2,1-2H3. The number of non-ortho nitro benzene ring substituents is 1. The summed E-state index contributed by atoms with van der Waals surface area (Å²) in [5, 5.41) is 10.8. The number of hydrogen-bond donors (Lipinski definition) is 0. The molecule has 8 heteroatoms. The number of nitro groups is 1. The van der Waals surface area contributed by atoms with Crippen molar-refractivity contribution in [2.45, 2.75) is 25.2 Å². The molecule has 0 bridgehead atoms. The summed E-state index contributed by atoms with van der Waals surface area (Å²) in [6.45, 7) is 6.12. The van der Waals surface area contributed by atoms with Crippen LogP contribution in [0, 0.1) is 16.0 Å². The average molecular weight is 404 g/mol. The van der Waals surface area contributed by atoms with E-state index in [0.717, 1.165) is 17.7 Å². The van der Waals surface area contributed by atoms with Crippen molar-refractivity contribution in [3.63, 3.8) is 0 Å². The molecule has 0 unspecified atom stereocenters. The Morgan fingerprint density at radius 3 is 2.04 bits per heavy atom. The van der Waals surface area contributed by atoms with Gasteiger partial charge in [-0.3, -0.25) is 10.1 Å². The van der Waals surface area contributed by atoms with Gasteiger partial charge in [-0.1, -0.05) is 26.0 Å². The van der Waals surface area contributed by atoms with E-state index in [1.807, 2.05) is 17.0 Å². The lowest BCUT2D eigenvalue weighted by atomic mass is 10.0. The minimum Gasteiger partial charge on any atom is -0.369 e. The van der Waals surface area contributed by atoms with Crippen molar-refractivity contribution in [3.8, 4) is 0 Å². The average Bonchev–Trinajstić information content (AvgIpc) is 2.68. The van der Waals surface area contributed by atoms with E-state index in [-0.39, 0.29) is 5.69 Å². The highest BCUT2D eigenvalue weighted by Crippen LogP contribution is 2.23. The molecule has 0 saturated carbocycles. The number of hydrogen-bond acceptors (Lipinski definition) is 5. The van der Waals surface area contributed by atoms with Gasteiger partial charge < -0.3 is 4.90 Å². The van der Waals surface area contributed by atoms with Gasteiger partial charge in [-0.2, -0.15) is 4.31 Å². The van der Waals surface area contributed by atoms with Crippen LogP contribution in [0.25, 0.3) is 0 Å². The molecular weight excluding hydrogens is 378 g/mol. The quantitative estimate of drug-likeness (QED) is 0.546. The second-order valence-corrected chi connectivity index (χ2v) is 9.34. The molecule has 0 amide bonds. The third-order valence-corrected chi connectivity index (χ3v) is 6.78. The van der Waals surface area contributed by atoms with E-state index in [2.05, 4.69) is 13.8 Å². The molecule has 28 heavy (non-hydrogen) atoms. The predicted octanol–water partition coefficient (Wildman–Crippen LogP) is 3.30. The first kappa shape index (κ1) is 20.3. The van der Waals surface area contributed by atoms with E-state index in [4.69, 9.17) is 0 Å². The minimum atomic E-state index is -3.51. The summed E-state index contributed by atoms with van der Waals surface area (Å²) in [6.07, 6.45) is 0.925. The largest absolute Gasteiger partial charge is 0.369 e. The van der Waals surface area contributed by atoms with E-state index >= 15 is 0 Å². The molecule has 0 N–H and O–H groups in total. The Labute approximate surface area is 165 Å². The van der Waals surface area contributed by atoms with E-state index in [0.29, 0.717) is 37.0 Å². The molecule has 0 atom stereocenters. The van der Waals surface area contributed by atoms with Crippen LogP contribution in [0.4, 0.5) is 11.4 Å². The lowest BCUT2D eigenvalue weighted by molar-refractivity contribution is -0.384. The fourth-order valence-electron chi connectivity index (χ4n) is 3.39. The maximum atomic E-state index is 12.9. The zero-order chi connectivity index (χ0) is 20.3. The van der Waals surface area contributed by atoms with Crippen molar-refractivity contribution in [3.05, 3.63) is 64.2 Å². The van der Waals surface area contributed by atoms with Crippen LogP contribution in [-0.2, 0) is 16.4 Å². The van der Waals surface area contributed by atoms with Gasteiger partial charge in [0.25, 0.3) is 5.69 Å². The Balaban J connectivity index is 1.65. The maximum absolute atomic E-state index is 12.9. The normalized spacial score (nSPS) is 15.8. The van der Waals surface area contributed by atoms with Gasteiger partial charge in [0.05, 0.1) is 9.82 Å². The fourth-order valence-corrected chi connectivity index (χ4v) is 4.81. The molecule has 2 aromatic rings. The van der Waals surface area contributed by atoms with E-state index in [9.17, 15) is 18.5 Å². The Bertz CT molecular complexity index is 917. The molecule has 7 nitrogen and oxygen atoms in total. The first-order valence-electron chi connectivity index (χ1n) is 9.36. The fraction of sp³-hybridized carbons (Fsp3) is 0.400. The highest BCUT2D eigenvalue weighted by molar-refractivity contribution is 7.89. The van der Waals surface area contributed by atoms with Crippen LogP contribution in [0.2, 0.25) is 0 Å². The lowest BCUT2D eigenvalue weighted by Gasteiger charge is -2.35. The van der Waals surface area contributed by atoms with Gasteiger partial charge in [0.15, 0.2) is 0 Å². The summed E-state index contributed by atoms with van der Waals surface area (Å²) in [5.74, 6) is 0.523. The van der Waals surface area contributed by atoms with Crippen LogP contribution in [-0.4, -0.2) is 43.8 Å². The van der Waals surface area contributed by atoms with E-state index < -0.39 is 14.9 Å². The first-order valence-corrected chi connectivity index (χ1v) is 10.8. The minimum absolute atomic E-state index is 0.0471. The van der Waals surface area contributed by atoms with Gasteiger partial charge in [-0.05, 0) is 42.2 Å². The number of nitro benzene ring substituents is 1. The summed E-state index contributed by atoms with van der Waals surface area (Å²) in [6, 6.07) is 13.5. The first-order chi connectivity index (χ1) is 13.3. The molecule has 1 aliphatic heterocycles. The molecule has 3 rings (SSSR count). The van der Waals surface area contributed by atoms with Gasteiger partial charge in [0, 0.05) is 44.0 Å². The van der Waals surface area contributed by atoms with Gasteiger partial charge >= 0.3 is 0 Å². The molecule has 1 aliphatic rings. The van der Waals surface area contributed by atoms with Crippen LogP contribution in [0.1, 0.15) is 19.4 Å². The number of nitrogens with zero attached hydrogens (tertiary/aromatic N) is 3. The zero-order valence-corrected chi connectivity index (χ0v) is 16.9. The second kappa shape index (κ2) is 8.28. The summed E-state index contributed by atoms with van der Waals surface area (Å²) in [4.78, 5) is 12.7. The van der Waals surface area contributed by atoms with Gasteiger partial charge in [-0.15, -0.1) is 0 Å².